The van der Waals surface area contributed by atoms with Gasteiger partial charge in [-0.1, -0.05) is 38.2 Å². The Kier molecular flexibility index (Phi) is 8.49. The summed E-state index contributed by atoms with van der Waals surface area (Å²) in [5.41, 5.74) is 1.36. The lowest BCUT2D eigenvalue weighted by Crippen LogP contribution is -2.30. The van der Waals surface area contributed by atoms with Crippen LogP contribution in [0.15, 0.2) is 18.5 Å². The minimum Gasteiger partial charge on any atom is -0.423 e. The van der Waals surface area contributed by atoms with Gasteiger partial charge in [0.25, 0.3) is 0 Å². The minimum atomic E-state index is -4.02. The van der Waals surface area contributed by atoms with Crippen molar-refractivity contribution in [2.75, 3.05) is 0 Å². The fourth-order valence-corrected chi connectivity index (χ4v) is 2.32. The maximum absolute atomic E-state index is 11.9. The zero-order valence-corrected chi connectivity index (χ0v) is 12.6. The first-order chi connectivity index (χ1) is 10.4. The summed E-state index contributed by atoms with van der Waals surface area (Å²) in [6, 6.07) is 1.73. The summed E-state index contributed by atoms with van der Waals surface area (Å²) < 4.78 is 35.8. The summed E-state index contributed by atoms with van der Waals surface area (Å²) >= 11 is 0. The molecule has 1 heterocycles. The van der Waals surface area contributed by atoms with E-state index in [4.69, 9.17) is 10.0 Å². The molecular weight excluding hydrogens is 294 g/mol. The first-order valence-electron chi connectivity index (χ1n) is 7.75. The molecule has 1 aromatic heterocycles. The van der Waals surface area contributed by atoms with Gasteiger partial charge in [0.05, 0.1) is 0 Å². The fourth-order valence-electron chi connectivity index (χ4n) is 2.32. The predicted octanol–water partition coefficient (Wildman–Crippen LogP) is 2.99. The number of pyridine rings is 1. The van der Waals surface area contributed by atoms with Gasteiger partial charge in [-0.2, -0.15) is 13.2 Å². The van der Waals surface area contributed by atoms with Crippen molar-refractivity contribution in [1.29, 1.82) is 0 Å². The van der Waals surface area contributed by atoms with Crippen LogP contribution in [0, 0.1) is 0 Å². The van der Waals surface area contributed by atoms with Crippen LogP contribution in [0.1, 0.15) is 56.9 Å². The summed E-state index contributed by atoms with van der Waals surface area (Å²) in [7, 11) is -1.50. The van der Waals surface area contributed by atoms with Gasteiger partial charge in [0.1, 0.15) is 0 Å². The first kappa shape index (κ1) is 19.0. The molecule has 22 heavy (non-hydrogen) atoms. The summed E-state index contributed by atoms with van der Waals surface area (Å²) in [5.74, 6) is 0. The van der Waals surface area contributed by atoms with Crippen LogP contribution in [-0.2, 0) is 6.42 Å². The Balaban J connectivity index is 2.03. The van der Waals surface area contributed by atoms with Gasteiger partial charge in [0.15, 0.2) is 0 Å². The standard InChI is InChI=1S/C15H23BF3NO2/c17-15(18,19)9-7-5-3-1-2-4-6-8-13-10-14(16(21)22)12-20-11-13/h10-12,21-22H,1-9H2. The highest BCUT2D eigenvalue weighted by Crippen LogP contribution is 2.23. The van der Waals surface area contributed by atoms with E-state index in [1.54, 1.807) is 12.3 Å². The maximum Gasteiger partial charge on any atom is 0.490 e. The lowest BCUT2D eigenvalue weighted by atomic mass is 9.81. The average molecular weight is 317 g/mol. The SMILES string of the molecule is OB(O)c1cncc(CCCCCCCCCC(F)(F)F)c1. The van der Waals surface area contributed by atoms with E-state index in [-0.39, 0.29) is 6.42 Å². The van der Waals surface area contributed by atoms with Crippen LogP contribution in [0.4, 0.5) is 13.2 Å². The zero-order valence-electron chi connectivity index (χ0n) is 12.6. The first-order valence-corrected chi connectivity index (χ1v) is 7.75. The summed E-state index contributed by atoms with van der Waals surface area (Å²) in [6.45, 7) is 0. The van der Waals surface area contributed by atoms with Gasteiger partial charge in [-0.15, -0.1) is 0 Å². The number of halogens is 3. The van der Waals surface area contributed by atoms with E-state index in [1.165, 1.54) is 6.20 Å². The van der Waals surface area contributed by atoms with Crippen molar-refractivity contribution in [1.82, 2.24) is 4.98 Å². The Morgan fingerprint density at radius 2 is 1.50 bits per heavy atom. The molecule has 1 aromatic rings. The zero-order chi connectivity index (χ0) is 16.4. The highest BCUT2D eigenvalue weighted by atomic mass is 19.4. The molecule has 0 saturated heterocycles. The molecular formula is C15H23BF3NO2. The van der Waals surface area contributed by atoms with E-state index in [9.17, 15) is 13.2 Å². The minimum absolute atomic E-state index is 0.228. The van der Waals surface area contributed by atoms with Gasteiger partial charge in [-0.25, -0.2) is 0 Å². The van der Waals surface area contributed by atoms with Crippen molar-refractivity contribution in [3.05, 3.63) is 24.0 Å². The topological polar surface area (TPSA) is 53.4 Å². The van der Waals surface area contributed by atoms with E-state index in [2.05, 4.69) is 4.98 Å². The molecule has 0 atom stereocenters. The third kappa shape index (κ3) is 9.05. The van der Waals surface area contributed by atoms with Crippen molar-refractivity contribution >= 4 is 12.6 Å². The molecule has 3 nitrogen and oxygen atoms in total. The molecule has 0 unspecified atom stereocenters. The number of aryl methyl sites for hydroxylation is 1. The molecule has 0 amide bonds. The Bertz CT molecular complexity index is 427. The van der Waals surface area contributed by atoms with Crippen molar-refractivity contribution in [2.45, 2.75) is 64.0 Å². The van der Waals surface area contributed by atoms with Crippen molar-refractivity contribution in [3.63, 3.8) is 0 Å². The molecule has 0 aliphatic heterocycles. The smallest absolute Gasteiger partial charge is 0.423 e. The largest absolute Gasteiger partial charge is 0.490 e. The molecule has 0 saturated carbocycles. The van der Waals surface area contributed by atoms with Crippen LogP contribution in [0.25, 0.3) is 0 Å². The van der Waals surface area contributed by atoms with Crippen LogP contribution in [-0.4, -0.2) is 28.3 Å². The Morgan fingerprint density at radius 1 is 0.909 bits per heavy atom. The average Bonchev–Trinajstić information content (AvgIpc) is 2.44. The normalized spacial score (nSPS) is 11.7. The molecule has 0 radical (unpaired) electrons. The Morgan fingerprint density at radius 3 is 2.09 bits per heavy atom. The van der Waals surface area contributed by atoms with Gasteiger partial charge < -0.3 is 10.0 Å². The van der Waals surface area contributed by atoms with Gasteiger partial charge in [0.2, 0.25) is 0 Å². The number of rotatable bonds is 10. The summed E-state index contributed by atoms with van der Waals surface area (Å²) in [6.07, 6.45) is 4.94. The number of unbranched alkanes of at least 4 members (excludes halogenated alkanes) is 6. The molecule has 1 rings (SSSR count). The number of alkyl halides is 3. The highest BCUT2D eigenvalue weighted by Gasteiger charge is 2.25. The molecule has 0 aliphatic carbocycles. The van der Waals surface area contributed by atoms with Crippen LogP contribution in [0.5, 0.6) is 0 Å². The lowest BCUT2D eigenvalue weighted by Gasteiger charge is -2.06. The highest BCUT2D eigenvalue weighted by molar-refractivity contribution is 6.58. The third-order valence-electron chi connectivity index (χ3n) is 3.54. The van der Waals surface area contributed by atoms with Crippen LogP contribution >= 0.6 is 0 Å². The van der Waals surface area contributed by atoms with Gasteiger partial charge in [-0.05, 0) is 24.8 Å². The number of aromatic nitrogens is 1. The van der Waals surface area contributed by atoms with Gasteiger partial charge >= 0.3 is 13.3 Å². The van der Waals surface area contributed by atoms with Gasteiger partial charge in [0, 0.05) is 24.3 Å². The number of nitrogens with zero attached hydrogens (tertiary/aromatic N) is 1. The van der Waals surface area contributed by atoms with E-state index in [0.29, 0.717) is 11.9 Å². The van der Waals surface area contributed by atoms with E-state index in [0.717, 1.165) is 44.1 Å². The summed E-state index contributed by atoms with van der Waals surface area (Å²) in [4.78, 5) is 3.96. The molecule has 0 bridgehead atoms. The van der Waals surface area contributed by atoms with Crippen molar-refractivity contribution in [3.8, 4) is 0 Å². The molecule has 0 fully saturated rings. The van der Waals surface area contributed by atoms with Crippen molar-refractivity contribution < 1.29 is 23.2 Å². The number of hydrogen-bond acceptors (Lipinski definition) is 3. The second kappa shape index (κ2) is 9.84. The van der Waals surface area contributed by atoms with E-state index < -0.39 is 19.7 Å². The third-order valence-corrected chi connectivity index (χ3v) is 3.54. The Labute approximate surface area is 129 Å². The lowest BCUT2D eigenvalue weighted by molar-refractivity contribution is -0.135. The molecule has 124 valence electrons. The van der Waals surface area contributed by atoms with Crippen LogP contribution in [0.2, 0.25) is 0 Å². The molecule has 0 spiro atoms. The van der Waals surface area contributed by atoms with Gasteiger partial charge in [-0.3, -0.25) is 4.98 Å². The second-order valence-electron chi connectivity index (χ2n) is 5.59. The van der Waals surface area contributed by atoms with Crippen LogP contribution < -0.4 is 5.46 Å². The second-order valence-corrected chi connectivity index (χ2v) is 5.59. The molecule has 2 N–H and O–H groups in total. The van der Waals surface area contributed by atoms with Crippen molar-refractivity contribution in [2.24, 2.45) is 0 Å². The quantitative estimate of drug-likeness (QED) is 0.515. The molecule has 0 aliphatic rings. The van der Waals surface area contributed by atoms with Crippen LogP contribution in [0.3, 0.4) is 0 Å². The number of hydrogen-bond donors (Lipinski definition) is 2. The molecule has 7 heteroatoms. The van der Waals surface area contributed by atoms with E-state index >= 15 is 0 Å². The maximum atomic E-state index is 11.9. The summed E-state index contributed by atoms with van der Waals surface area (Å²) in [5, 5.41) is 18.1. The molecule has 0 aromatic carbocycles. The predicted molar refractivity (Wildman–Crippen MR) is 80.8 cm³/mol. The Hall–Kier alpha value is -1.08. The monoisotopic (exact) mass is 317 g/mol. The van der Waals surface area contributed by atoms with E-state index in [1.807, 2.05) is 0 Å². The fraction of sp³-hybridized carbons (Fsp3) is 0.667.